The number of hydrogen-bond donors (Lipinski definition) is 1. The van der Waals surface area contributed by atoms with E-state index in [4.69, 9.17) is 0 Å². The summed E-state index contributed by atoms with van der Waals surface area (Å²) >= 11 is 0. The van der Waals surface area contributed by atoms with Gasteiger partial charge in [0, 0.05) is 50.0 Å². The minimum Gasteiger partial charge on any atom is -0.367 e. The topological polar surface area (TPSA) is 44.3 Å². The molecule has 1 aromatic heterocycles. The molecular formula is C15H21N5. The van der Waals surface area contributed by atoms with Crippen molar-refractivity contribution in [2.45, 2.75) is 0 Å². The van der Waals surface area contributed by atoms with Gasteiger partial charge >= 0.3 is 0 Å². The van der Waals surface area contributed by atoms with Crippen molar-refractivity contribution in [2.75, 3.05) is 51.6 Å². The molecule has 1 saturated heterocycles. The molecule has 2 aromatic rings. The first kappa shape index (κ1) is 13.3. The summed E-state index contributed by atoms with van der Waals surface area (Å²) in [4.78, 5) is 4.87. The van der Waals surface area contributed by atoms with E-state index >= 15 is 0 Å². The Hall–Kier alpha value is -1.72. The molecular weight excluding hydrogens is 250 g/mol. The van der Waals surface area contributed by atoms with E-state index in [-0.39, 0.29) is 0 Å². The van der Waals surface area contributed by atoms with Crippen LogP contribution in [0.25, 0.3) is 10.8 Å². The quantitative estimate of drug-likeness (QED) is 0.908. The summed E-state index contributed by atoms with van der Waals surface area (Å²) in [5.74, 6) is 0.886. The third-order valence-electron chi connectivity index (χ3n) is 3.89. The fourth-order valence-electron chi connectivity index (χ4n) is 2.56. The highest BCUT2D eigenvalue weighted by molar-refractivity contribution is 5.90. The van der Waals surface area contributed by atoms with Crippen LogP contribution in [-0.2, 0) is 0 Å². The minimum absolute atomic E-state index is 0.886. The van der Waals surface area contributed by atoms with Crippen LogP contribution >= 0.6 is 0 Å². The maximum Gasteiger partial charge on any atom is 0.156 e. The first-order chi connectivity index (χ1) is 9.83. The summed E-state index contributed by atoms with van der Waals surface area (Å²) in [7, 11) is 2.18. The van der Waals surface area contributed by atoms with Crippen LogP contribution in [0.1, 0.15) is 0 Å². The van der Waals surface area contributed by atoms with Crippen LogP contribution in [0.4, 0.5) is 5.82 Å². The first-order valence-electron chi connectivity index (χ1n) is 7.18. The molecule has 1 aliphatic heterocycles. The molecule has 20 heavy (non-hydrogen) atoms. The van der Waals surface area contributed by atoms with Crippen molar-refractivity contribution >= 4 is 16.6 Å². The van der Waals surface area contributed by atoms with Gasteiger partial charge in [0.2, 0.25) is 0 Å². The van der Waals surface area contributed by atoms with Gasteiger partial charge < -0.3 is 10.2 Å². The van der Waals surface area contributed by atoms with E-state index in [0.29, 0.717) is 0 Å². The number of anilines is 1. The van der Waals surface area contributed by atoms with E-state index in [0.717, 1.165) is 55.9 Å². The van der Waals surface area contributed by atoms with Gasteiger partial charge in [-0.25, -0.2) is 0 Å². The number of aromatic nitrogens is 2. The predicted octanol–water partition coefficient (Wildman–Crippen LogP) is 1.29. The Bertz CT molecular complexity index is 558. The predicted molar refractivity (Wildman–Crippen MR) is 82.0 cm³/mol. The van der Waals surface area contributed by atoms with Crippen LogP contribution in [0.5, 0.6) is 0 Å². The molecule has 0 radical (unpaired) electrons. The Morgan fingerprint density at radius 1 is 1.15 bits per heavy atom. The zero-order valence-corrected chi connectivity index (χ0v) is 11.9. The Balaban J connectivity index is 1.57. The normalized spacial score (nSPS) is 17.4. The van der Waals surface area contributed by atoms with Crippen molar-refractivity contribution in [1.82, 2.24) is 20.0 Å². The molecule has 0 unspecified atom stereocenters. The second-order valence-corrected chi connectivity index (χ2v) is 5.35. The molecule has 0 aliphatic carbocycles. The number of benzene rings is 1. The molecule has 1 fully saturated rings. The molecule has 1 aromatic carbocycles. The smallest absolute Gasteiger partial charge is 0.156 e. The Morgan fingerprint density at radius 2 is 1.95 bits per heavy atom. The number of rotatable bonds is 4. The summed E-state index contributed by atoms with van der Waals surface area (Å²) in [5, 5.41) is 14.0. The van der Waals surface area contributed by atoms with E-state index in [1.807, 2.05) is 12.1 Å². The van der Waals surface area contributed by atoms with Gasteiger partial charge in [0.25, 0.3) is 0 Å². The second kappa shape index (κ2) is 6.15. The van der Waals surface area contributed by atoms with Gasteiger partial charge in [-0.1, -0.05) is 24.3 Å². The Morgan fingerprint density at radius 3 is 2.80 bits per heavy atom. The van der Waals surface area contributed by atoms with Gasteiger partial charge in [0.15, 0.2) is 5.82 Å². The van der Waals surface area contributed by atoms with Gasteiger partial charge in [-0.2, -0.15) is 5.10 Å². The summed E-state index contributed by atoms with van der Waals surface area (Å²) < 4.78 is 0. The van der Waals surface area contributed by atoms with Crippen LogP contribution in [-0.4, -0.2) is 66.3 Å². The molecule has 0 spiro atoms. The molecule has 0 amide bonds. The monoisotopic (exact) mass is 271 g/mol. The number of fused-ring (bicyclic) bond motifs is 1. The first-order valence-corrected chi connectivity index (χ1v) is 7.18. The van der Waals surface area contributed by atoms with E-state index in [1.165, 1.54) is 0 Å². The van der Waals surface area contributed by atoms with Crippen molar-refractivity contribution in [1.29, 1.82) is 0 Å². The van der Waals surface area contributed by atoms with E-state index in [9.17, 15) is 0 Å². The lowest BCUT2D eigenvalue weighted by Crippen LogP contribution is -2.45. The molecule has 2 heterocycles. The fourth-order valence-corrected chi connectivity index (χ4v) is 2.56. The maximum atomic E-state index is 4.21. The average Bonchev–Trinajstić information content (AvgIpc) is 2.49. The van der Waals surface area contributed by atoms with E-state index in [2.05, 4.69) is 44.5 Å². The van der Waals surface area contributed by atoms with Gasteiger partial charge in [0.05, 0.1) is 6.20 Å². The van der Waals surface area contributed by atoms with Crippen LogP contribution in [0.3, 0.4) is 0 Å². The molecule has 1 N–H and O–H groups in total. The van der Waals surface area contributed by atoms with Gasteiger partial charge in [0.1, 0.15) is 0 Å². The summed E-state index contributed by atoms with van der Waals surface area (Å²) in [6.45, 7) is 6.59. The third kappa shape index (κ3) is 3.05. The number of nitrogens with zero attached hydrogens (tertiary/aromatic N) is 4. The molecule has 1 aliphatic rings. The summed E-state index contributed by atoms with van der Waals surface area (Å²) in [5.41, 5.74) is 0. The Kier molecular flexibility index (Phi) is 4.08. The molecule has 0 saturated carbocycles. The standard InChI is InChI=1S/C15H21N5/c1-19-8-10-20(11-9-19)7-6-16-15-14-5-3-2-4-13(14)12-17-18-15/h2-5,12H,6-11H2,1H3,(H,16,18). The van der Waals surface area contributed by atoms with Crippen molar-refractivity contribution in [3.05, 3.63) is 30.5 Å². The largest absolute Gasteiger partial charge is 0.367 e. The lowest BCUT2D eigenvalue weighted by Gasteiger charge is -2.32. The number of hydrogen-bond acceptors (Lipinski definition) is 5. The molecule has 5 heteroatoms. The zero-order chi connectivity index (χ0) is 13.8. The Labute approximate surface area is 119 Å². The average molecular weight is 271 g/mol. The van der Waals surface area contributed by atoms with Gasteiger partial charge in [-0.05, 0) is 7.05 Å². The minimum atomic E-state index is 0.886. The van der Waals surface area contributed by atoms with Gasteiger partial charge in [-0.3, -0.25) is 4.90 Å². The molecule has 0 bridgehead atoms. The second-order valence-electron chi connectivity index (χ2n) is 5.35. The van der Waals surface area contributed by atoms with Crippen LogP contribution < -0.4 is 5.32 Å². The van der Waals surface area contributed by atoms with Gasteiger partial charge in [-0.15, -0.1) is 5.10 Å². The van der Waals surface area contributed by atoms with Crippen molar-refractivity contribution in [3.63, 3.8) is 0 Å². The third-order valence-corrected chi connectivity index (χ3v) is 3.89. The lowest BCUT2D eigenvalue weighted by atomic mass is 10.2. The lowest BCUT2D eigenvalue weighted by molar-refractivity contribution is 0.158. The van der Waals surface area contributed by atoms with Crippen LogP contribution in [0, 0.1) is 0 Å². The maximum absolute atomic E-state index is 4.21. The number of piperazine rings is 1. The highest BCUT2D eigenvalue weighted by Gasteiger charge is 2.13. The van der Waals surface area contributed by atoms with Crippen LogP contribution in [0.15, 0.2) is 30.5 Å². The molecule has 106 valence electrons. The van der Waals surface area contributed by atoms with Crippen LogP contribution in [0.2, 0.25) is 0 Å². The number of nitrogens with one attached hydrogen (secondary N) is 1. The van der Waals surface area contributed by atoms with Crippen molar-refractivity contribution in [3.8, 4) is 0 Å². The van der Waals surface area contributed by atoms with Crippen molar-refractivity contribution in [2.24, 2.45) is 0 Å². The molecule has 5 nitrogen and oxygen atoms in total. The van der Waals surface area contributed by atoms with E-state index in [1.54, 1.807) is 6.20 Å². The van der Waals surface area contributed by atoms with Crippen molar-refractivity contribution < 1.29 is 0 Å². The SMILES string of the molecule is CN1CCN(CCNc2nncc3ccccc23)CC1. The number of likely N-dealkylation sites (N-methyl/N-ethyl adjacent to an activating group) is 1. The molecule has 0 atom stereocenters. The zero-order valence-electron chi connectivity index (χ0n) is 11.9. The summed E-state index contributed by atoms with van der Waals surface area (Å²) in [6.07, 6.45) is 1.81. The fraction of sp³-hybridized carbons (Fsp3) is 0.467. The molecule has 3 rings (SSSR count). The van der Waals surface area contributed by atoms with E-state index < -0.39 is 0 Å². The summed E-state index contributed by atoms with van der Waals surface area (Å²) in [6, 6.07) is 8.21. The highest BCUT2D eigenvalue weighted by atomic mass is 15.3. The highest BCUT2D eigenvalue weighted by Crippen LogP contribution is 2.18.